The van der Waals surface area contributed by atoms with Gasteiger partial charge in [0.1, 0.15) is 10.8 Å². The summed E-state index contributed by atoms with van der Waals surface area (Å²) < 4.78 is 5.18. The Kier molecular flexibility index (Phi) is 4.36. The number of aryl methyl sites for hydroxylation is 1. The lowest BCUT2D eigenvalue weighted by molar-refractivity contribution is -0.384. The minimum absolute atomic E-state index is 0.0588. The van der Waals surface area contributed by atoms with Gasteiger partial charge in [-0.3, -0.25) is 14.9 Å². The van der Waals surface area contributed by atoms with Gasteiger partial charge in [-0.05, 0) is 54.3 Å². The standard InChI is InChI=1S/C18H14ClNO4/c1-24-14-5-6-15-12(10-14)3-4-13(18(15)21)8-11-2-7-16(19)17(9-11)20(22)23/h2,5-10H,3-4H2,1H3/b13-8+. The lowest BCUT2D eigenvalue weighted by Crippen LogP contribution is -2.14. The SMILES string of the molecule is COc1ccc2c(c1)CC/C(=C\c1ccc(Cl)c([N+](=O)[O-])c1)C2=O. The molecule has 0 unspecified atom stereocenters. The summed E-state index contributed by atoms with van der Waals surface area (Å²) in [5, 5.41) is 11.1. The van der Waals surface area contributed by atoms with Gasteiger partial charge in [-0.25, -0.2) is 0 Å². The molecule has 0 N–H and O–H groups in total. The molecule has 0 spiro atoms. The number of methoxy groups -OCH3 is 1. The van der Waals surface area contributed by atoms with Crippen LogP contribution in [0.25, 0.3) is 6.08 Å². The predicted octanol–water partition coefficient (Wildman–Crippen LogP) is 4.47. The van der Waals surface area contributed by atoms with Crippen LogP contribution in [0.5, 0.6) is 5.75 Å². The minimum atomic E-state index is -0.533. The van der Waals surface area contributed by atoms with Gasteiger partial charge in [0.05, 0.1) is 12.0 Å². The third-order valence-electron chi connectivity index (χ3n) is 4.02. The van der Waals surface area contributed by atoms with E-state index in [-0.39, 0.29) is 16.5 Å². The summed E-state index contributed by atoms with van der Waals surface area (Å²) in [5.41, 5.74) is 2.66. The van der Waals surface area contributed by atoms with Crippen LogP contribution in [0.3, 0.4) is 0 Å². The highest BCUT2D eigenvalue weighted by Gasteiger charge is 2.22. The van der Waals surface area contributed by atoms with Crippen molar-refractivity contribution in [1.82, 2.24) is 0 Å². The van der Waals surface area contributed by atoms with E-state index in [1.807, 2.05) is 6.07 Å². The zero-order valence-corrected chi connectivity index (χ0v) is 13.7. The molecule has 3 rings (SSSR count). The first-order chi connectivity index (χ1) is 11.5. The van der Waals surface area contributed by atoms with E-state index in [4.69, 9.17) is 16.3 Å². The molecular weight excluding hydrogens is 330 g/mol. The number of nitro benzene ring substituents is 1. The Morgan fingerprint density at radius 1 is 1.21 bits per heavy atom. The maximum Gasteiger partial charge on any atom is 0.288 e. The van der Waals surface area contributed by atoms with Crippen LogP contribution in [0.1, 0.15) is 27.9 Å². The van der Waals surface area contributed by atoms with Gasteiger partial charge in [-0.2, -0.15) is 0 Å². The monoisotopic (exact) mass is 343 g/mol. The van der Waals surface area contributed by atoms with Gasteiger partial charge in [0.15, 0.2) is 5.78 Å². The Morgan fingerprint density at radius 2 is 2.00 bits per heavy atom. The zero-order valence-electron chi connectivity index (χ0n) is 12.9. The summed E-state index contributed by atoms with van der Waals surface area (Å²) in [6, 6.07) is 9.90. The summed E-state index contributed by atoms with van der Waals surface area (Å²) in [4.78, 5) is 23.1. The highest BCUT2D eigenvalue weighted by molar-refractivity contribution is 6.32. The number of carbonyl (C=O) groups is 1. The van der Waals surface area contributed by atoms with Crippen LogP contribution in [0.4, 0.5) is 5.69 Å². The van der Waals surface area contributed by atoms with Crippen molar-refractivity contribution >= 4 is 29.1 Å². The van der Waals surface area contributed by atoms with Gasteiger partial charge in [-0.15, -0.1) is 0 Å². The Morgan fingerprint density at radius 3 is 2.71 bits per heavy atom. The van der Waals surface area contributed by atoms with E-state index in [1.165, 1.54) is 12.1 Å². The fourth-order valence-corrected chi connectivity index (χ4v) is 2.97. The van der Waals surface area contributed by atoms with Crippen molar-refractivity contribution in [2.24, 2.45) is 0 Å². The molecule has 0 heterocycles. The molecule has 6 heteroatoms. The number of allylic oxidation sites excluding steroid dienone is 1. The molecule has 0 saturated heterocycles. The Labute approximate surface area is 143 Å². The van der Waals surface area contributed by atoms with E-state index >= 15 is 0 Å². The largest absolute Gasteiger partial charge is 0.497 e. The van der Waals surface area contributed by atoms with Crippen LogP contribution in [0.2, 0.25) is 5.02 Å². The first-order valence-electron chi connectivity index (χ1n) is 7.35. The molecule has 5 nitrogen and oxygen atoms in total. The number of rotatable bonds is 3. The fourth-order valence-electron chi connectivity index (χ4n) is 2.78. The van der Waals surface area contributed by atoms with Crippen molar-refractivity contribution < 1.29 is 14.5 Å². The van der Waals surface area contributed by atoms with Crippen LogP contribution in [0.15, 0.2) is 42.0 Å². The zero-order chi connectivity index (χ0) is 17.3. The Hall–Kier alpha value is -2.66. The summed E-state index contributed by atoms with van der Waals surface area (Å²) in [7, 11) is 1.59. The average molecular weight is 344 g/mol. The molecule has 122 valence electrons. The van der Waals surface area contributed by atoms with E-state index in [0.29, 0.717) is 23.1 Å². The van der Waals surface area contributed by atoms with Crippen molar-refractivity contribution in [2.75, 3.05) is 7.11 Å². The minimum Gasteiger partial charge on any atom is -0.497 e. The average Bonchev–Trinajstić information content (AvgIpc) is 2.58. The highest BCUT2D eigenvalue weighted by atomic mass is 35.5. The molecule has 0 fully saturated rings. The van der Waals surface area contributed by atoms with Crippen molar-refractivity contribution in [3.05, 3.63) is 73.8 Å². The summed E-state index contributed by atoms with van der Waals surface area (Å²) >= 11 is 5.82. The van der Waals surface area contributed by atoms with Crippen LogP contribution in [0, 0.1) is 10.1 Å². The molecule has 0 atom stereocenters. The second-order valence-corrected chi connectivity index (χ2v) is 5.90. The Bertz CT molecular complexity index is 873. The van der Waals surface area contributed by atoms with Gasteiger partial charge in [0.2, 0.25) is 0 Å². The number of hydrogen-bond donors (Lipinski definition) is 0. The molecule has 0 saturated carbocycles. The Balaban J connectivity index is 1.96. The molecule has 0 aliphatic heterocycles. The van der Waals surface area contributed by atoms with Crippen LogP contribution < -0.4 is 4.74 Å². The van der Waals surface area contributed by atoms with E-state index < -0.39 is 4.92 Å². The maximum atomic E-state index is 12.6. The van der Waals surface area contributed by atoms with Crippen molar-refractivity contribution in [2.45, 2.75) is 12.8 Å². The first-order valence-corrected chi connectivity index (χ1v) is 7.73. The van der Waals surface area contributed by atoms with E-state index in [0.717, 1.165) is 17.7 Å². The second kappa shape index (κ2) is 6.45. The maximum absolute atomic E-state index is 12.6. The molecule has 0 aromatic heterocycles. The normalized spacial score (nSPS) is 15.2. The number of halogens is 1. The second-order valence-electron chi connectivity index (χ2n) is 5.49. The molecule has 0 bridgehead atoms. The quantitative estimate of drug-likeness (QED) is 0.468. The summed E-state index contributed by atoms with van der Waals surface area (Å²) in [6.45, 7) is 0. The predicted molar refractivity (Wildman–Crippen MR) is 91.7 cm³/mol. The number of nitrogens with zero attached hydrogens (tertiary/aromatic N) is 1. The van der Waals surface area contributed by atoms with Crippen molar-refractivity contribution in [1.29, 1.82) is 0 Å². The van der Waals surface area contributed by atoms with Crippen LogP contribution in [-0.4, -0.2) is 17.8 Å². The fraction of sp³-hybridized carbons (Fsp3) is 0.167. The van der Waals surface area contributed by atoms with Gasteiger partial charge < -0.3 is 4.74 Å². The summed E-state index contributed by atoms with van der Waals surface area (Å²) in [5.74, 6) is 0.666. The van der Waals surface area contributed by atoms with Gasteiger partial charge in [-0.1, -0.05) is 17.7 Å². The number of ketones is 1. The number of Topliss-reactive ketones (excluding diaryl/α,β-unsaturated/α-hetero) is 1. The number of ether oxygens (including phenoxy) is 1. The molecule has 24 heavy (non-hydrogen) atoms. The molecule has 2 aromatic carbocycles. The number of carbonyl (C=O) groups excluding carboxylic acids is 1. The van der Waals surface area contributed by atoms with Crippen LogP contribution in [-0.2, 0) is 6.42 Å². The van der Waals surface area contributed by atoms with Crippen molar-refractivity contribution in [3.63, 3.8) is 0 Å². The van der Waals surface area contributed by atoms with E-state index in [2.05, 4.69) is 0 Å². The van der Waals surface area contributed by atoms with Crippen LogP contribution >= 0.6 is 11.6 Å². The number of nitro groups is 1. The third-order valence-corrected chi connectivity index (χ3v) is 4.34. The highest BCUT2D eigenvalue weighted by Crippen LogP contribution is 2.31. The summed E-state index contributed by atoms with van der Waals surface area (Å²) in [6.07, 6.45) is 2.99. The smallest absolute Gasteiger partial charge is 0.288 e. The molecule has 0 amide bonds. The number of fused-ring (bicyclic) bond motifs is 1. The number of hydrogen-bond acceptors (Lipinski definition) is 4. The van der Waals surface area contributed by atoms with Gasteiger partial charge in [0, 0.05) is 17.2 Å². The van der Waals surface area contributed by atoms with Crippen molar-refractivity contribution in [3.8, 4) is 5.75 Å². The molecule has 2 aromatic rings. The third kappa shape index (κ3) is 3.03. The number of benzene rings is 2. The van der Waals surface area contributed by atoms with E-state index in [9.17, 15) is 14.9 Å². The molecule has 1 aliphatic carbocycles. The lowest BCUT2D eigenvalue weighted by atomic mass is 9.86. The lowest BCUT2D eigenvalue weighted by Gasteiger charge is -2.18. The first kappa shape index (κ1) is 16.2. The topological polar surface area (TPSA) is 69.4 Å². The van der Waals surface area contributed by atoms with E-state index in [1.54, 1.807) is 31.4 Å². The van der Waals surface area contributed by atoms with Gasteiger partial charge >= 0.3 is 0 Å². The molecule has 1 aliphatic rings. The van der Waals surface area contributed by atoms with Gasteiger partial charge in [0.25, 0.3) is 5.69 Å². The molecular formula is C18H14ClNO4. The molecule has 0 radical (unpaired) electrons.